The number of amides is 6. The van der Waals surface area contributed by atoms with Gasteiger partial charge in [0.2, 0.25) is 17.6 Å². The molecule has 5 N–H and O–H groups in total. The quantitative estimate of drug-likeness (QED) is 0.0788. The van der Waals surface area contributed by atoms with Gasteiger partial charge in [-0.2, -0.15) is 0 Å². The Morgan fingerprint density at radius 2 is 1.60 bits per heavy atom. The third-order valence-corrected chi connectivity index (χ3v) is 11.9. The Balaban J connectivity index is 1.82. The van der Waals surface area contributed by atoms with E-state index in [1.54, 1.807) is 4.90 Å². The number of carbonyl (C=O) groups excluding carboxylic acids is 6. The minimum absolute atomic E-state index is 0.0108. The van der Waals surface area contributed by atoms with Crippen molar-refractivity contribution in [3.8, 4) is 12.3 Å². The van der Waals surface area contributed by atoms with Crippen molar-refractivity contribution in [3.63, 3.8) is 0 Å². The molecule has 5 atom stereocenters. The molecule has 4 unspecified atom stereocenters. The second kappa shape index (κ2) is 21.3. The van der Waals surface area contributed by atoms with Crippen LogP contribution in [0.1, 0.15) is 125 Å². The van der Waals surface area contributed by atoms with Crippen molar-refractivity contribution in [2.75, 3.05) is 26.2 Å². The molecular weight excluding hydrogens is 700 g/mol. The van der Waals surface area contributed by atoms with Gasteiger partial charge in [0.05, 0.1) is 12.1 Å². The molecule has 1 aliphatic heterocycles. The van der Waals surface area contributed by atoms with Crippen LogP contribution >= 0.6 is 0 Å². The SMILES string of the molecule is C#CCCC(NC(=O)C1[C@@H](C(C)C)CCN1C(=O)C(NC(=O)NC(COC(=O)NCC1CCCCC1)C(C)(C)C)C1(C)CCCCC1)C(=O)C(=O)NCC=C. The lowest BCUT2D eigenvalue weighted by molar-refractivity contribution is -0.145. The first kappa shape index (κ1) is 45.3. The minimum Gasteiger partial charge on any atom is -0.447 e. The molecule has 0 aromatic carbocycles. The van der Waals surface area contributed by atoms with Crippen molar-refractivity contribution in [1.29, 1.82) is 0 Å². The van der Waals surface area contributed by atoms with Crippen LogP contribution in [0.3, 0.4) is 0 Å². The van der Waals surface area contributed by atoms with Gasteiger partial charge >= 0.3 is 12.1 Å². The first-order valence-electron chi connectivity index (χ1n) is 20.5. The highest BCUT2D eigenvalue weighted by molar-refractivity contribution is 6.38. The number of likely N-dealkylation sites (tertiary alicyclic amines) is 1. The summed E-state index contributed by atoms with van der Waals surface area (Å²) in [7, 11) is 0. The summed E-state index contributed by atoms with van der Waals surface area (Å²) in [4.78, 5) is 82.9. The Bertz CT molecular complexity index is 1390. The van der Waals surface area contributed by atoms with Gasteiger partial charge in [-0.1, -0.05) is 86.1 Å². The maximum absolute atomic E-state index is 14.8. The largest absolute Gasteiger partial charge is 0.447 e. The molecule has 13 nitrogen and oxygen atoms in total. The Kier molecular flexibility index (Phi) is 17.5. The van der Waals surface area contributed by atoms with E-state index in [0.29, 0.717) is 31.7 Å². The molecule has 0 aromatic rings. The third kappa shape index (κ3) is 13.3. The maximum Gasteiger partial charge on any atom is 0.407 e. The second-order valence-corrected chi connectivity index (χ2v) is 17.5. The molecule has 308 valence electrons. The molecule has 2 aliphatic carbocycles. The van der Waals surface area contributed by atoms with Gasteiger partial charge in [-0.25, -0.2) is 9.59 Å². The molecule has 55 heavy (non-hydrogen) atoms. The van der Waals surface area contributed by atoms with Crippen molar-refractivity contribution in [3.05, 3.63) is 12.7 Å². The molecule has 3 aliphatic rings. The van der Waals surface area contributed by atoms with Gasteiger partial charge in [0, 0.05) is 26.1 Å². The van der Waals surface area contributed by atoms with Crippen LogP contribution in [0.2, 0.25) is 0 Å². The molecule has 0 aromatic heterocycles. The summed E-state index contributed by atoms with van der Waals surface area (Å²) in [6, 6.07) is -4.22. The summed E-state index contributed by atoms with van der Waals surface area (Å²) >= 11 is 0. The predicted molar refractivity (Wildman–Crippen MR) is 212 cm³/mol. The predicted octanol–water partition coefficient (Wildman–Crippen LogP) is 4.99. The van der Waals surface area contributed by atoms with Crippen molar-refractivity contribution < 1.29 is 33.5 Å². The number of nitrogens with one attached hydrogen (secondary N) is 5. The number of urea groups is 1. The number of carbonyl (C=O) groups is 6. The fourth-order valence-corrected chi connectivity index (χ4v) is 8.28. The van der Waals surface area contributed by atoms with Gasteiger partial charge in [0.15, 0.2) is 0 Å². The standard InChI is InChI=1S/C42H68N6O7/c1-9-11-20-31(34(49)37(51)43-24-10-2)45-36(50)33-30(28(3)4)21-25-48(33)38(52)35(42(8)22-16-13-17-23-42)47-39(53)46-32(41(5,6)7)27-55-40(54)44-26-29-18-14-12-15-19-29/h1,10,28-33,35H,2,11-27H2,3-8H3,(H,43,51)(H,44,54)(H,45,50)(H2,46,47,53)/t30-,31?,32?,33?,35?/m1/s1. The van der Waals surface area contributed by atoms with E-state index in [1.807, 2.05) is 41.5 Å². The lowest BCUT2D eigenvalue weighted by Gasteiger charge is -2.43. The Morgan fingerprint density at radius 3 is 2.20 bits per heavy atom. The molecule has 0 bridgehead atoms. The molecule has 0 radical (unpaired) electrons. The summed E-state index contributed by atoms with van der Waals surface area (Å²) in [5, 5.41) is 14.1. The summed E-state index contributed by atoms with van der Waals surface area (Å²) in [5.41, 5.74) is -1.08. The van der Waals surface area contributed by atoms with Crippen LogP contribution in [0.15, 0.2) is 12.7 Å². The average molecular weight is 769 g/mol. The van der Waals surface area contributed by atoms with Crippen LogP contribution in [-0.4, -0.2) is 90.9 Å². The Morgan fingerprint density at radius 1 is 0.945 bits per heavy atom. The zero-order valence-corrected chi connectivity index (χ0v) is 34.2. The highest BCUT2D eigenvalue weighted by Gasteiger charge is 2.50. The highest BCUT2D eigenvalue weighted by atomic mass is 16.5. The molecular formula is C42H68N6O7. The van der Waals surface area contributed by atoms with E-state index < -0.39 is 64.7 Å². The number of ether oxygens (including phenoxy) is 1. The van der Waals surface area contributed by atoms with Crippen molar-refractivity contribution in [2.24, 2.45) is 28.6 Å². The van der Waals surface area contributed by atoms with Crippen LogP contribution in [-0.2, 0) is 23.9 Å². The second-order valence-electron chi connectivity index (χ2n) is 17.5. The molecule has 3 fully saturated rings. The maximum atomic E-state index is 14.8. The van der Waals surface area contributed by atoms with E-state index in [4.69, 9.17) is 11.2 Å². The van der Waals surface area contributed by atoms with Crippen LogP contribution in [0, 0.1) is 40.9 Å². The number of alkyl carbamates (subject to hydrolysis) is 1. The molecule has 0 spiro atoms. The van der Waals surface area contributed by atoms with E-state index in [9.17, 15) is 28.8 Å². The monoisotopic (exact) mass is 769 g/mol. The summed E-state index contributed by atoms with van der Waals surface area (Å²) in [6.45, 7) is 16.2. The van der Waals surface area contributed by atoms with Gasteiger partial charge in [-0.05, 0) is 67.1 Å². The lowest BCUT2D eigenvalue weighted by Crippen LogP contribution is -2.63. The lowest BCUT2D eigenvalue weighted by atomic mass is 9.70. The van der Waals surface area contributed by atoms with Crippen LogP contribution in [0.5, 0.6) is 0 Å². The van der Waals surface area contributed by atoms with E-state index in [2.05, 4.69) is 39.1 Å². The van der Waals surface area contributed by atoms with Gasteiger partial charge in [0.25, 0.3) is 5.91 Å². The van der Waals surface area contributed by atoms with E-state index in [-0.39, 0.29) is 50.3 Å². The van der Waals surface area contributed by atoms with Crippen LogP contribution in [0.4, 0.5) is 9.59 Å². The number of Topliss-reactive ketones (excluding diaryl/α,β-unsaturated/α-hetero) is 1. The highest BCUT2D eigenvalue weighted by Crippen LogP contribution is 2.41. The first-order chi connectivity index (χ1) is 26.0. The fraction of sp³-hybridized carbons (Fsp3) is 0.762. The third-order valence-electron chi connectivity index (χ3n) is 11.9. The van der Waals surface area contributed by atoms with Gasteiger partial charge in [-0.3, -0.25) is 19.2 Å². The number of nitrogens with zero attached hydrogens (tertiary/aromatic N) is 1. The zero-order chi connectivity index (χ0) is 40.8. The fourth-order valence-electron chi connectivity index (χ4n) is 8.28. The topological polar surface area (TPSA) is 175 Å². The Hall–Kier alpha value is -4.08. The van der Waals surface area contributed by atoms with Gasteiger partial charge in [0.1, 0.15) is 18.7 Å². The van der Waals surface area contributed by atoms with Crippen LogP contribution < -0.4 is 26.6 Å². The van der Waals surface area contributed by atoms with E-state index in [0.717, 1.165) is 32.1 Å². The summed E-state index contributed by atoms with van der Waals surface area (Å²) in [6.07, 6.45) is 17.1. The zero-order valence-electron chi connectivity index (χ0n) is 34.2. The normalized spacial score (nSPS) is 21.6. The number of hydrogen-bond acceptors (Lipinski definition) is 7. The smallest absolute Gasteiger partial charge is 0.407 e. The average Bonchev–Trinajstić information content (AvgIpc) is 3.61. The molecule has 6 amide bonds. The van der Waals surface area contributed by atoms with E-state index >= 15 is 0 Å². The summed E-state index contributed by atoms with van der Waals surface area (Å²) in [5.74, 6) is 0.0940. The molecule has 1 saturated heterocycles. The van der Waals surface area contributed by atoms with E-state index in [1.165, 1.54) is 25.3 Å². The first-order valence-corrected chi connectivity index (χ1v) is 20.5. The number of ketones is 1. The van der Waals surface area contributed by atoms with Gasteiger partial charge in [-0.15, -0.1) is 18.9 Å². The van der Waals surface area contributed by atoms with Crippen LogP contribution in [0.25, 0.3) is 0 Å². The summed E-state index contributed by atoms with van der Waals surface area (Å²) < 4.78 is 5.60. The van der Waals surface area contributed by atoms with Crippen molar-refractivity contribution in [2.45, 2.75) is 149 Å². The van der Waals surface area contributed by atoms with Crippen molar-refractivity contribution >= 4 is 35.6 Å². The molecule has 2 saturated carbocycles. The minimum atomic E-state index is -1.18. The van der Waals surface area contributed by atoms with Crippen molar-refractivity contribution in [1.82, 2.24) is 31.5 Å². The Labute approximate surface area is 329 Å². The number of rotatable bonds is 17. The molecule has 1 heterocycles. The number of terminal acetylenes is 1. The number of hydrogen-bond donors (Lipinski definition) is 5. The molecule has 13 heteroatoms. The molecule has 3 rings (SSSR count). The van der Waals surface area contributed by atoms with Gasteiger partial charge < -0.3 is 36.2 Å².